The molecule has 0 spiro atoms. The van der Waals surface area contributed by atoms with Crippen LogP contribution in [0.2, 0.25) is 5.02 Å². The van der Waals surface area contributed by atoms with Gasteiger partial charge in [-0.3, -0.25) is 4.57 Å². The van der Waals surface area contributed by atoms with Crippen LogP contribution >= 0.6 is 11.6 Å². The minimum absolute atomic E-state index is 0.686. The largest absolute Gasteiger partial charge is 0.368 e. The van der Waals surface area contributed by atoms with Crippen LogP contribution in [-0.4, -0.2) is 45.7 Å². The first-order chi connectivity index (χ1) is 13.8. The molecule has 4 aromatic rings. The van der Waals surface area contributed by atoms with Gasteiger partial charge in [-0.2, -0.15) is 0 Å². The van der Waals surface area contributed by atoms with E-state index in [1.807, 2.05) is 34.9 Å². The Morgan fingerprint density at radius 2 is 1.50 bits per heavy atom. The summed E-state index contributed by atoms with van der Waals surface area (Å²) in [6, 6.07) is 18.2. The highest BCUT2D eigenvalue weighted by Gasteiger charge is 2.22. The van der Waals surface area contributed by atoms with E-state index in [-0.39, 0.29) is 0 Å². The lowest BCUT2D eigenvalue weighted by atomic mass is 10.2. The average Bonchev–Trinajstić information content (AvgIpc) is 3.19. The van der Waals surface area contributed by atoms with Crippen LogP contribution in [0, 0.1) is 0 Å². The van der Waals surface area contributed by atoms with Gasteiger partial charge in [0.2, 0.25) is 0 Å². The summed E-state index contributed by atoms with van der Waals surface area (Å²) in [5.74, 6) is 0.887. The molecule has 0 saturated carbocycles. The Morgan fingerprint density at radius 1 is 0.750 bits per heavy atom. The van der Waals surface area contributed by atoms with Gasteiger partial charge in [0.1, 0.15) is 12.7 Å². The maximum Gasteiger partial charge on any atom is 0.170 e. The number of fused-ring (bicyclic) bond motifs is 1. The van der Waals surface area contributed by atoms with Crippen molar-refractivity contribution in [3.05, 3.63) is 72.3 Å². The Bertz CT molecular complexity index is 1100. The molecule has 1 saturated heterocycles. The Labute approximate surface area is 168 Å². The molecule has 0 atom stereocenters. The molecule has 0 bridgehead atoms. The van der Waals surface area contributed by atoms with Crippen LogP contribution in [0.15, 0.2) is 67.3 Å². The highest BCUT2D eigenvalue weighted by Crippen LogP contribution is 2.26. The number of nitrogens with zero attached hydrogens (tertiary/aromatic N) is 6. The summed E-state index contributed by atoms with van der Waals surface area (Å²) in [7, 11) is 0. The molecule has 1 aliphatic heterocycles. The van der Waals surface area contributed by atoms with Crippen molar-refractivity contribution < 1.29 is 0 Å². The number of benzene rings is 2. The van der Waals surface area contributed by atoms with Crippen LogP contribution in [0.4, 0.5) is 11.5 Å². The zero-order chi connectivity index (χ0) is 18.9. The fraction of sp³-hybridized carbons (Fsp3) is 0.190. The molecule has 0 amide bonds. The van der Waals surface area contributed by atoms with Gasteiger partial charge >= 0.3 is 0 Å². The van der Waals surface area contributed by atoms with E-state index in [0.29, 0.717) is 5.02 Å². The molecule has 0 aliphatic carbocycles. The topological polar surface area (TPSA) is 50.1 Å². The van der Waals surface area contributed by atoms with E-state index in [9.17, 15) is 0 Å². The number of anilines is 2. The van der Waals surface area contributed by atoms with E-state index in [4.69, 9.17) is 11.6 Å². The summed E-state index contributed by atoms with van der Waals surface area (Å²) in [6.45, 7) is 3.69. The first-order valence-electron chi connectivity index (χ1n) is 9.28. The van der Waals surface area contributed by atoms with Gasteiger partial charge in [-0.25, -0.2) is 15.0 Å². The molecule has 1 aliphatic rings. The fourth-order valence-electron chi connectivity index (χ4n) is 3.68. The molecule has 0 unspecified atom stereocenters. The van der Waals surface area contributed by atoms with E-state index in [2.05, 4.69) is 49.0 Å². The standard InChI is InChI=1S/C21H19ClN6/c22-16-5-4-8-18(13-16)28-15-25-19-20(23-14-24-21(19)28)27-11-9-26(10-12-27)17-6-2-1-3-7-17/h1-8,13-15H,9-12H2. The molecule has 140 valence electrons. The SMILES string of the molecule is Clc1cccc(-n2cnc3c(N4CCN(c5ccccc5)CC4)ncnc32)c1. The number of para-hydroxylation sites is 1. The second-order valence-electron chi connectivity index (χ2n) is 6.77. The molecule has 0 radical (unpaired) electrons. The van der Waals surface area contributed by atoms with Crippen LogP contribution in [0.3, 0.4) is 0 Å². The first-order valence-corrected chi connectivity index (χ1v) is 9.66. The molecular formula is C21H19ClN6. The molecule has 0 N–H and O–H groups in total. The second-order valence-corrected chi connectivity index (χ2v) is 7.21. The molecule has 2 aromatic heterocycles. The van der Waals surface area contributed by atoms with Gasteiger partial charge in [0, 0.05) is 36.9 Å². The number of hydrogen-bond donors (Lipinski definition) is 0. The normalized spacial score (nSPS) is 14.6. The lowest BCUT2D eigenvalue weighted by Crippen LogP contribution is -2.46. The summed E-state index contributed by atoms with van der Waals surface area (Å²) in [5, 5.41) is 0.686. The van der Waals surface area contributed by atoms with E-state index in [0.717, 1.165) is 48.8 Å². The Kier molecular flexibility index (Phi) is 4.33. The third-order valence-corrected chi connectivity index (χ3v) is 5.34. The number of rotatable bonds is 3. The zero-order valence-electron chi connectivity index (χ0n) is 15.2. The van der Waals surface area contributed by atoms with E-state index in [1.54, 1.807) is 12.7 Å². The van der Waals surface area contributed by atoms with Gasteiger partial charge in [0.05, 0.1) is 5.69 Å². The highest BCUT2D eigenvalue weighted by atomic mass is 35.5. The maximum atomic E-state index is 6.15. The van der Waals surface area contributed by atoms with Crippen LogP contribution in [0.5, 0.6) is 0 Å². The summed E-state index contributed by atoms with van der Waals surface area (Å²) in [4.78, 5) is 18.3. The van der Waals surface area contributed by atoms with Crippen molar-refractivity contribution >= 4 is 34.3 Å². The predicted octanol–water partition coefficient (Wildman–Crippen LogP) is 3.80. The van der Waals surface area contributed by atoms with E-state index in [1.165, 1.54) is 5.69 Å². The minimum atomic E-state index is 0.686. The molecule has 6 nitrogen and oxygen atoms in total. The minimum Gasteiger partial charge on any atom is -0.368 e. The van der Waals surface area contributed by atoms with Gasteiger partial charge in [-0.1, -0.05) is 35.9 Å². The van der Waals surface area contributed by atoms with Gasteiger partial charge < -0.3 is 9.80 Å². The second kappa shape index (κ2) is 7.13. The van der Waals surface area contributed by atoms with Crippen molar-refractivity contribution in [3.63, 3.8) is 0 Å². The maximum absolute atomic E-state index is 6.15. The van der Waals surface area contributed by atoms with E-state index < -0.39 is 0 Å². The molecule has 28 heavy (non-hydrogen) atoms. The lowest BCUT2D eigenvalue weighted by Gasteiger charge is -2.36. The van der Waals surface area contributed by atoms with Crippen molar-refractivity contribution in [1.29, 1.82) is 0 Å². The molecule has 1 fully saturated rings. The van der Waals surface area contributed by atoms with Crippen molar-refractivity contribution in [2.45, 2.75) is 0 Å². The van der Waals surface area contributed by atoms with Crippen LogP contribution in [0.25, 0.3) is 16.9 Å². The smallest absolute Gasteiger partial charge is 0.170 e. The van der Waals surface area contributed by atoms with Crippen LogP contribution in [-0.2, 0) is 0 Å². The Hall–Kier alpha value is -3.12. The quantitative estimate of drug-likeness (QED) is 0.532. The molecular weight excluding hydrogens is 372 g/mol. The third-order valence-electron chi connectivity index (χ3n) is 5.10. The Morgan fingerprint density at radius 3 is 2.29 bits per heavy atom. The van der Waals surface area contributed by atoms with Crippen molar-refractivity contribution in [2.24, 2.45) is 0 Å². The highest BCUT2D eigenvalue weighted by molar-refractivity contribution is 6.30. The number of piperazine rings is 1. The van der Waals surface area contributed by atoms with Gasteiger partial charge in [-0.05, 0) is 30.3 Å². The summed E-state index contributed by atoms with van der Waals surface area (Å²) in [6.07, 6.45) is 3.40. The number of imidazole rings is 1. The molecule has 3 heterocycles. The third kappa shape index (κ3) is 3.05. The fourth-order valence-corrected chi connectivity index (χ4v) is 3.87. The summed E-state index contributed by atoms with van der Waals surface area (Å²) in [5.41, 5.74) is 3.81. The van der Waals surface area contributed by atoms with Gasteiger partial charge in [0.15, 0.2) is 17.0 Å². The number of halogens is 1. The molecule has 5 rings (SSSR count). The molecule has 7 heteroatoms. The van der Waals surface area contributed by atoms with Crippen molar-refractivity contribution in [3.8, 4) is 5.69 Å². The zero-order valence-corrected chi connectivity index (χ0v) is 16.0. The molecule has 2 aromatic carbocycles. The average molecular weight is 391 g/mol. The van der Waals surface area contributed by atoms with Gasteiger partial charge in [0.25, 0.3) is 0 Å². The van der Waals surface area contributed by atoms with Crippen LogP contribution in [0.1, 0.15) is 0 Å². The Balaban J connectivity index is 1.43. The van der Waals surface area contributed by atoms with E-state index >= 15 is 0 Å². The number of aromatic nitrogens is 4. The first kappa shape index (κ1) is 17.0. The van der Waals surface area contributed by atoms with Crippen molar-refractivity contribution in [1.82, 2.24) is 19.5 Å². The monoisotopic (exact) mass is 390 g/mol. The van der Waals surface area contributed by atoms with Crippen molar-refractivity contribution in [2.75, 3.05) is 36.0 Å². The number of hydrogen-bond acceptors (Lipinski definition) is 5. The lowest BCUT2D eigenvalue weighted by molar-refractivity contribution is 0.648. The predicted molar refractivity (Wildman–Crippen MR) is 113 cm³/mol. The van der Waals surface area contributed by atoms with Gasteiger partial charge in [-0.15, -0.1) is 0 Å². The van der Waals surface area contributed by atoms with Crippen LogP contribution < -0.4 is 9.80 Å². The summed E-state index contributed by atoms with van der Waals surface area (Å²) < 4.78 is 1.95. The summed E-state index contributed by atoms with van der Waals surface area (Å²) >= 11 is 6.15.